The van der Waals surface area contributed by atoms with Crippen LogP contribution in [0, 0.1) is 5.41 Å². The molecule has 0 heterocycles. The van der Waals surface area contributed by atoms with Crippen LogP contribution < -0.4 is 5.73 Å². The second-order valence-corrected chi connectivity index (χ2v) is 1.06. The van der Waals surface area contributed by atoms with E-state index in [4.69, 9.17) is 11.1 Å². The quantitative estimate of drug-likeness (QED) is 0.311. The Labute approximate surface area is 38.0 Å². The average Bonchev–Trinajstić information content (AvgIpc) is 1.65. The van der Waals surface area contributed by atoms with E-state index in [1.165, 1.54) is 12.4 Å². The lowest BCUT2D eigenvalue weighted by Gasteiger charge is -1.77. The van der Waals surface area contributed by atoms with Gasteiger partial charge in [-0.15, -0.1) is 0 Å². The molecule has 0 bridgehead atoms. The fourth-order valence-electron chi connectivity index (χ4n) is 0.0481. The second-order valence-electron chi connectivity index (χ2n) is 1.06. The van der Waals surface area contributed by atoms with Gasteiger partial charge in [-0.1, -0.05) is 5.47 Å². The van der Waals surface area contributed by atoms with Crippen molar-refractivity contribution in [2.24, 2.45) is 5.73 Å². The summed E-state index contributed by atoms with van der Waals surface area (Å²) in [5.74, 6) is 0. The van der Waals surface area contributed by atoms with Gasteiger partial charge in [0.1, 0.15) is 7.85 Å². The number of nitrogens with one attached hydrogen (secondary N) is 1. The molecule has 0 amide bonds. The summed E-state index contributed by atoms with van der Waals surface area (Å²) in [5.41, 5.74) is 5.76. The SMILES string of the molecule is B/C(C=N)=C/N. The normalized spacial score (nSPS) is 11.0. The molecule has 0 spiro atoms. The van der Waals surface area contributed by atoms with Crippen molar-refractivity contribution in [1.82, 2.24) is 0 Å². The van der Waals surface area contributed by atoms with E-state index in [0.717, 1.165) is 5.47 Å². The Morgan fingerprint density at radius 1 is 1.83 bits per heavy atom. The molecule has 0 unspecified atom stereocenters. The van der Waals surface area contributed by atoms with Gasteiger partial charge in [0.2, 0.25) is 0 Å². The van der Waals surface area contributed by atoms with Crippen molar-refractivity contribution in [2.45, 2.75) is 0 Å². The van der Waals surface area contributed by atoms with Crippen LogP contribution in [0.1, 0.15) is 0 Å². The Morgan fingerprint density at radius 2 is 2.33 bits per heavy atom. The van der Waals surface area contributed by atoms with Gasteiger partial charge in [0.15, 0.2) is 0 Å². The summed E-state index contributed by atoms with van der Waals surface area (Å²) in [6.45, 7) is 0. The first-order valence-corrected chi connectivity index (χ1v) is 1.70. The van der Waals surface area contributed by atoms with Gasteiger partial charge in [-0.3, -0.25) is 0 Å². The molecule has 0 atom stereocenters. The highest BCUT2D eigenvalue weighted by Crippen LogP contribution is 1.68. The molecule has 0 saturated carbocycles. The maximum Gasteiger partial charge on any atom is 0.143 e. The summed E-state index contributed by atoms with van der Waals surface area (Å²) in [6.07, 6.45) is 2.60. The van der Waals surface area contributed by atoms with Gasteiger partial charge in [0, 0.05) is 6.21 Å². The first-order valence-electron chi connectivity index (χ1n) is 1.70. The third-order valence-electron chi connectivity index (χ3n) is 0.491. The highest BCUT2D eigenvalue weighted by molar-refractivity contribution is 6.32. The lowest BCUT2D eigenvalue weighted by molar-refractivity contribution is 1.54. The predicted octanol–water partition coefficient (Wildman–Crippen LogP) is -0.931. The van der Waals surface area contributed by atoms with Crippen molar-refractivity contribution in [3.8, 4) is 0 Å². The number of nitrogens with two attached hydrogens (primary N) is 1. The average molecular weight is 81.9 g/mol. The maximum absolute atomic E-state index is 6.54. The molecular weight excluding hydrogens is 74.9 g/mol. The highest BCUT2D eigenvalue weighted by atomic mass is 14.5. The van der Waals surface area contributed by atoms with Crippen molar-refractivity contribution in [3.05, 3.63) is 11.7 Å². The minimum atomic E-state index is 0.787. The fraction of sp³-hybridized carbons (Fsp3) is 0. The molecular formula is C3H7BN2. The van der Waals surface area contributed by atoms with Crippen molar-refractivity contribution in [3.63, 3.8) is 0 Å². The van der Waals surface area contributed by atoms with Crippen molar-refractivity contribution in [1.29, 1.82) is 5.41 Å². The first-order chi connectivity index (χ1) is 2.81. The molecule has 0 rings (SSSR count). The lowest BCUT2D eigenvalue weighted by atomic mass is 9.99. The molecule has 0 aliphatic heterocycles. The zero-order chi connectivity index (χ0) is 4.99. The molecule has 0 aromatic rings. The van der Waals surface area contributed by atoms with Crippen LogP contribution in [0.5, 0.6) is 0 Å². The van der Waals surface area contributed by atoms with E-state index < -0.39 is 0 Å². The zero-order valence-corrected chi connectivity index (χ0v) is 3.73. The Balaban J connectivity index is 3.50. The minimum absolute atomic E-state index is 0.787. The van der Waals surface area contributed by atoms with Gasteiger partial charge in [-0.05, 0) is 6.20 Å². The standard InChI is InChI=1S/C3H7BN2/c4-3(1-5)2-6/h1-2,5H,4,6H2/b3-2+,5-1?. The summed E-state index contributed by atoms with van der Waals surface area (Å²) in [4.78, 5) is 0. The summed E-state index contributed by atoms with van der Waals surface area (Å²) < 4.78 is 0. The largest absolute Gasteiger partial charge is 0.405 e. The number of hydrogen-bond donors (Lipinski definition) is 2. The zero-order valence-electron chi connectivity index (χ0n) is 3.73. The second kappa shape index (κ2) is 2.51. The van der Waals surface area contributed by atoms with Crippen LogP contribution in [-0.2, 0) is 0 Å². The van der Waals surface area contributed by atoms with Crippen LogP contribution in [0.2, 0.25) is 0 Å². The van der Waals surface area contributed by atoms with E-state index in [-0.39, 0.29) is 0 Å². The minimum Gasteiger partial charge on any atom is -0.405 e. The molecule has 0 aliphatic carbocycles. The number of allylic oxidation sites excluding steroid dienone is 1. The van der Waals surface area contributed by atoms with E-state index in [9.17, 15) is 0 Å². The van der Waals surface area contributed by atoms with Crippen LogP contribution in [0.4, 0.5) is 0 Å². The molecule has 6 heavy (non-hydrogen) atoms. The molecule has 0 aromatic heterocycles. The maximum atomic E-state index is 6.54. The van der Waals surface area contributed by atoms with Gasteiger partial charge in [-0.25, -0.2) is 0 Å². The third-order valence-corrected chi connectivity index (χ3v) is 0.491. The van der Waals surface area contributed by atoms with E-state index in [0.29, 0.717) is 0 Å². The van der Waals surface area contributed by atoms with Crippen LogP contribution in [0.25, 0.3) is 0 Å². The first kappa shape index (κ1) is 5.27. The summed E-state index contributed by atoms with van der Waals surface area (Å²) in [7, 11) is 1.77. The molecule has 3 N–H and O–H groups in total. The lowest BCUT2D eigenvalue weighted by Crippen LogP contribution is -1.86. The van der Waals surface area contributed by atoms with Crippen molar-refractivity contribution >= 4 is 14.1 Å². The van der Waals surface area contributed by atoms with Crippen LogP contribution in [0.3, 0.4) is 0 Å². The molecule has 0 radical (unpaired) electrons. The summed E-state index contributed by atoms with van der Waals surface area (Å²) >= 11 is 0. The summed E-state index contributed by atoms with van der Waals surface area (Å²) in [6, 6.07) is 0. The topological polar surface area (TPSA) is 49.9 Å². The van der Waals surface area contributed by atoms with Crippen LogP contribution in [-0.4, -0.2) is 14.1 Å². The Morgan fingerprint density at radius 3 is 2.33 bits per heavy atom. The fourth-order valence-corrected chi connectivity index (χ4v) is 0.0481. The van der Waals surface area contributed by atoms with Crippen molar-refractivity contribution < 1.29 is 0 Å². The van der Waals surface area contributed by atoms with Gasteiger partial charge in [0.05, 0.1) is 0 Å². The van der Waals surface area contributed by atoms with E-state index in [1.54, 1.807) is 7.85 Å². The Hall–Kier alpha value is -0.725. The smallest absolute Gasteiger partial charge is 0.143 e. The molecule has 0 saturated heterocycles. The Bertz CT molecular complexity index is 76.9. The van der Waals surface area contributed by atoms with Crippen LogP contribution in [0.15, 0.2) is 11.7 Å². The molecule has 0 aliphatic rings. The van der Waals surface area contributed by atoms with E-state index in [1.807, 2.05) is 0 Å². The van der Waals surface area contributed by atoms with E-state index in [2.05, 4.69) is 0 Å². The van der Waals surface area contributed by atoms with Gasteiger partial charge in [0.25, 0.3) is 0 Å². The molecule has 0 fully saturated rings. The molecule has 32 valence electrons. The molecule has 2 nitrogen and oxygen atoms in total. The monoisotopic (exact) mass is 82.1 g/mol. The number of rotatable bonds is 1. The van der Waals surface area contributed by atoms with E-state index >= 15 is 0 Å². The van der Waals surface area contributed by atoms with Crippen LogP contribution >= 0.6 is 0 Å². The van der Waals surface area contributed by atoms with Crippen molar-refractivity contribution in [2.75, 3.05) is 0 Å². The Kier molecular flexibility index (Phi) is 2.21. The van der Waals surface area contributed by atoms with Gasteiger partial charge < -0.3 is 11.1 Å². The third kappa shape index (κ3) is 1.58. The molecule has 0 aromatic carbocycles. The van der Waals surface area contributed by atoms with Gasteiger partial charge >= 0.3 is 0 Å². The predicted molar refractivity (Wildman–Crippen MR) is 29.6 cm³/mol. The molecule has 3 heteroatoms. The van der Waals surface area contributed by atoms with Gasteiger partial charge in [-0.2, -0.15) is 0 Å². The summed E-state index contributed by atoms with van der Waals surface area (Å²) in [5, 5.41) is 6.54. The number of hydrogen-bond acceptors (Lipinski definition) is 2. The highest BCUT2D eigenvalue weighted by Gasteiger charge is 1.70.